The molecule has 10 nitrogen and oxygen atoms in total. The fourth-order valence-corrected chi connectivity index (χ4v) is 8.43. The fourth-order valence-electron chi connectivity index (χ4n) is 4.95. The van der Waals surface area contributed by atoms with E-state index >= 15 is 0 Å². The van der Waals surface area contributed by atoms with Gasteiger partial charge in [0.1, 0.15) is 10.6 Å². The van der Waals surface area contributed by atoms with Gasteiger partial charge < -0.3 is 9.42 Å². The number of piperazine rings is 1. The minimum Gasteiger partial charge on any atom is -0.360 e. The average molecular weight is 475 g/mol. The summed E-state index contributed by atoms with van der Waals surface area (Å²) in [5, 5.41) is 3.74. The van der Waals surface area contributed by atoms with E-state index in [4.69, 9.17) is 4.52 Å². The van der Waals surface area contributed by atoms with E-state index < -0.39 is 19.9 Å². The topological polar surface area (TPSA) is 121 Å². The van der Waals surface area contributed by atoms with Crippen LogP contribution in [0.4, 0.5) is 0 Å². The quantitative estimate of drug-likeness (QED) is 0.599. The second-order valence-corrected chi connectivity index (χ2v) is 12.9. The molecule has 31 heavy (non-hydrogen) atoms. The molecule has 0 radical (unpaired) electrons. The van der Waals surface area contributed by atoms with Crippen molar-refractivity contribution in [3.8, 4) is 0 Å². The Balaban J connectivity index is 1.30. The maximum absolute atomic E-state index is 13.0. The molecule has 0 aromatic carbocycles. The maximum Gasteiger partial charge on any atom is 0.248 e. The van der Waals surface area contributed by atoms with Crippen molar-refractivity contribution in [3.63, 3.8) is 0 Å². The number of hydrogen-bond acceptors (Lipinski definition) is 8. The fraction of sp³-hybridized carbons (Fsp3) is 0.789. The number of amides is 1. The number of nitrogens with zero attached hydrogens (tertiary/aromatic N) is 4. The molecule has 0 N–H and O–H groups in total. The van der Waals surface area contributed by atoms with Gasteiger partial charge in [0.2, 0.25) is 15.9 Å². The molecule has 12 heteroatoms. The highest BCUT2D eigenvalue weighted by Gasteiger charge is 2.38. The summed E-state index contributed by atoms with van der Waals surface area (Å²) in [6, 6.07) is 0.0825. The molecular weight excluding hydrogens is 444 g/mol. The van der Waals surface area contributed by atoms with Gasteiger partial charge in [0.25, 0.3) is 0 Å². The van der Waals surface area contributed by atoms with Crippen molar-refractivity contribution < 1.29 is 26.2 Å². The summed E-state index contributed by atoms with van der Waals surface area (Å²) in [7, 11) is -6.61. The number of carbonyl (C=O) groups is 1. The second-order valence-electron chi connectivity index (χ2n) is 8.75. The van der Waals surface area contributed by atoms with E-state index in [0.717, 1.165) is 13.1 Å². The third-order valence-electron chi connectivity index (χ3n) is 6.72. The lowest BCUT2D eigenvalue weighted by Gasteiger charge is -2.39. The molecule has 0 unspecified atom stereocenters. The number of piperidine rings is 1. The Morgan fingerprint density at radius 3 is 2.19 bits per heavy atom. The van der Waals surface area contributed by atoms with Crippen molar-refractivity contribution in [1.29, 1.82) is 0 Å². The average Bonchev–Trinajstić information content (AvgIpc) is 3.28. The molecule has 4 rings (SSSR count). The van der Waals surface area contributed by atoms with Crippen LogP contribution in [-0.4, -0.2) is 98.8 Å². The van der Waals surface area contributed by atoms with E-state index in [-0.39, 0.29) is 53.1 Å². The Labute approximate surface area is 183 Å². The molecule has 0 spiro atoms. The lowest BCUT2D eigenvalue weighted by molar-refractivity contribution is -0.138. The Hall–Kier alpha value is -1.50. The first-order chi connectivity index (χ1) is 14.6. The van der Waals surface area contributed by atoms with Crippen molar-refractivity contribution in [2.45, 2.75) is 44.0 Å². The van der Waals surface area contributed by atoms with Gasteiger partial charge in [0.05, 0.1) is 11.5 Å². The number of rotatable bonds is 4. The van der Waals surface area contributed by atoms with E-state index in [1.807, 2.05) is 0 Å². The van der Waals surface area contributed by atoms with Gasteiger partial charge in [0.15, 0.2) is 15.6 Å². The number of hydrogen-bond donors (Lipinski definition) is 0. The van der Waals surface area contributed by atoms with Crippen molar-refractivity contribution in [2.24, 2.45) is 5.92 Å². The molecule has 0 bridgehead atoms. The Kier molecular flexibility index (Phi) is 6.18. The molecule has 3 aliphatic heterocycles. The molecular formula is C19H30N4O6S2. The van der Waals surface area contributed by atoms with E-state index in [2.05, 4.69) is 10.1 Å². The molecule has 3 saturated heterocycles. The first-order valence-corrected chi connectivity index (χ1v) is 14.0. The van der Waals surface area contributed by atoms with Crippen LogP contribution in [0.3, 0.4) is 0 Å². The zero-order valence-corrected chi connectivity index (χ0v) is 19.6. The number of sulfone groups is 1. The number of aryl methyl sites for hydroxylation is 2. The van der Waals surface area contributed by atoms with E-state index in [0.29, 0.717) is 38.0 Å². The van der Waals surface area contributed by atoms with E-state index in [1.54, 1.807) is 18.7 Å². The maximum atomic E-state index is 13.0. The molecule has 0 saturated carbocycles. The number of carbonyl (C=O) groups excluding carboxylic acids is 1. The smallest absolute Gasteiger partial charge is 0.248 e. The normalized spacial score (nSPS) is 26.4. The summed E-state index contributed by atoms with van der Waals surface area (Å²) in [5.41, 5.74) is 0.345. The van der Waals surface area contributed by atoms with Crippen LogP contribution in [0.1, 0.15) is 30.7 Å². The molecule has 0 aliphatic carbocycles. The SMILES string of the molecule is Cc1noc(C)c1S(=O)(=O)N1CCN(C(=O)C2CCN([C@@H]3CCS(=O)(=O)C3)CC2)CC1. The molecule has 1 aromatic heterocycles. The van der Waals surface area contributed by atoms with Crippen LogP contribution in [0.2, 0.25) is 0 Å². The van der Waals surface area contributed by atoms with Gasteiger partial charge in [-0.15, -0.1) is 0 Å². The molecule has 1 amide bonds. The monoisotopic (exact) mass is 474 g/mol. The molecule has 3 fully saturated rings. The van der Waals surface area contributed by atoms with Crippen LogP contribution in [0.25, 0.3) is 0 Å². The van der Waals surface area contributed by atoms with Crippen LogP contribution >= 0.6 is 0 Å². The molecule has 1 atom stereocenters. The summed E-state index contributed by atoms with van der Waals surface area (Å²) in [6.45, 7) is 5.88. The minimum atomic E-state index is -3.70. The second kappa shape index (κ2) is 8.45. The summed E-state index contributed by atoms with van der Waals surface area (Å²) < 4.78 is 55.8. The Bertz CT molecular complexity index is 1020. The largest absolute Gasteiger partial charge is 0.360 e. The first-order valence-electron chi connectivity index (χ1n) is 10.7. The molecule has 174 valence electrons. The zero-order chi connectivity index (χ0) is 22.4. The predicted molar refractivity (Wildman–Crippen MR) is 113 cm³/mol. The van der Waals surface area contributed by atoms with Crippen molar-refractivity contribution in [3.05, 3.63) is 11.5 Å². The summed E-state index contributed by atoms with van der Waals surface area (Å²) in [5.74, 6) is 0.760. The summed E-state index contributed by atoms with van der Waals surface area (Å²) >= 11 is 0. The van der Waals surface area contributed by atoms with Gasteiger partial charge in [0, 0.05) is 38.1 Å². The van der Waals surface area contributed by atoms with Crippen LogP contribution in [0.5, 0.6) is 0 Å². The highest BCUT2D eigenvalue weighted by atomic mass is 32.2. The third-order valence-corrected chi connectivity index (χ3v) is 10.6. The summed E-state index contributed by atoms with van der Waals surface area (Å²) in [6.07, 6.45) is 2.11. The van der Waals surface area contributed by atoms with Crippen molar-refractivity contribution in [2.75, 3.05) is 50.8 Å². The highest BCUT2D eigenvalue weighted by Crippen LogP contribution is 2.27. The highest BCUT2D eigenvalue weighted by molar-refractivity contribution is 7.91. The van der Waals surface area contributed by atoms with Gasteiger partial charge in [-0.25, -0.2) is 16.8 Å². The van der Waals surface area contributed by atoms with Gasteiger partial charge in [-0.2, -0.15) is 4.31 Å². The van der Waals surface area contributed by atoms with Crippen LogP contribution < -0.4 is 0 Å². The predicted octanol–water partition coefficient (Wildman–Crippen LogP) is 0.0234. The number of likely N-dealkylation sites (tertiary alicyclic amines) is 1. The van der Waals surface area contributed by atoms with E-state index in [9.17, 15) is 21.6 Å². The van der Waals surface area contributed by atoms with Crippen LogP contribution in [-0.2, 0) is 24.7 Å². The zero-order valence-electron chi connectivity index (χ0n) is 18.0. The van der Waals surface area contributed by atoms with Crippen molar-refractivity contribution in [1.82, 2.24) is 19.3 Å². The summed E-state index contributed by atoms with van der Waals surface area (Å²) in [4.78, 5) is 17.1. The van der Waals surface area contributed by atoms with Gasteiger partial charge in [-0.05, 0) is 46.2 Å². The molecule has 4 heterocycles. The van der Waals surface area contributed by atoms with Crippen LogP contribution in [0, 0.1) is 19.8 Å². The Morgan fingerprint density at radius 1 is 1.03 bits per heavy atom. The van der Waals surface area contributed by atoms with Gasteiger partial charge >= 0.3 is 0 Å². The van der Waals surface area contributed by atoms with E-state index in [1.165, 1.54) is 4.31 Å². The lowest BCUT2D eigenvalue weighted by Crippen LogP contribution is -2.53. The first kappa shape index (κ1) is 22.7. The number of aromatic nitrogens is 1. The van der Waals surface area contributed by atoms with Gasteiger partial charge in [-0.1, -0.05) is 5.16 Å². The Morgan fingerprint density at radius 2 is 1.68 bits per heavy atom. The number of sulfonamides is 1. The molecule has 1 aromatic rings. The molecule has 3 aliphatic rings. The lowest BCUT2D eigenvalue weighted by atomic mass is 9.94. The minimum absolute atomic E-state index is 0.0769. The third kappa shape index (κ3) is 4.53. The van der Waals surface area contributed by atoms with Crippen molar-refractivity contribution >= 4 is 25.8 Å². The standard InChI is InChI=1S/C19H30N4O6S2/c1-14-18(15(2)29-20-14)31(27,28)23-10-8-22(9-11-23)19(24)16-3-6-21(7-4-16)17-5-12-30(25,26)13-17/h16-17H,3-13H2,1-2H3/t17-/m1/s1. The van der Waals surface area contributed by atoms with Gasteiger partial charge in [-0.3, -0.25) is 9.69 Å². The van der Waals surface area contributed by atoms with Crippen LogP contribution in [0.15, 0.2) is 9.42 Å².